The van der Waals surface area contributed by atoms with E-state index in [9.17, 15) is 4.39 Å². The number of benzene rings is 1. The highest BCUT2D eigenvalue weighted by atomic mass is 32.1. The lowest BCUT2D eigenvalue weighted by Gasteiger charge is -2.25. The monoisotopic (exact) mass is 281 g/mol. The molecule has 1 fully saturated rings. The largest absolute Gasteiger partial charge is 0.389 e. The molecule has 1 aromatic rings. The van der Waals surface area contributed by atoms with Gasteiger partial charge in [-0.25, -0.2) is 4.39 Å². The number of hydrogen-bond donors (Lipinski definition) is 2. The van der Waals surface area contributed by atoms with E-state index in [4.69, 9.17) is 18.0 Å². The van der Waals surface area contributed by atoms with E-state index in [-0.39, 0.29) is 10.8 Å². The predicted molar refractivity (Wildman–Crippen MR) is 81.0 cm³/mol. The minimum Gasteiger partial charge on any atom is -0.389 e. The van der Waals surface area contributed by atoms with Crippen LogP contribution in [0.2, 0.25) is 0 Å². The van der Waals surface area contributed by atoms with Crippen LogP contribution in [-0.4, -0.2) is 35.6 Å². The van der Waals surface area contributed by atoms with Crippen molar-refractivity contribution in [2.75, 3.05) is 25.0 Å². The molecule has 104 valence electrons. The fourth-order valence-electron chi connectivity index (χ4n) is 2.49. The molecule has 19 heavy (non-hydrogen) atoms. The number of nitrogens with zero attached hydrogens (tertiary/aromatic N) is 1. The summed E-state index contributed by atoms with van der Waals surface area (Å²) in [5, 5.41) is 3.26. The zero-order chi connectivity index (χ0) is 13.8. The van der Waals surface area contributed by atoms with Crippen molar-refractivity contribution in [1.82, 2.24) is 4.90 Å². The second-order valence-electron chi connectivity index (χ2n) is 5.00. The normalized spacial score (nSPS) is 17.4. The molecule has 0 spiro atoms. The standard InChI is InChI=1S/C14H20FN3S/c1-10(18-7-2-3-8-18)9-17-12-6-4-5-11(15)13(12)14(16)19/h4-6,10,17H,2-3,7-9H2,1H3,(H2,16,19). The van der Waals surface area contributed by atoms with Crippen molar-refractivity contribution in [3.63, 3.8) is 0 Å². The quantitative estimate of drug-likeness (QED) is 0.813. The van der Waals surface area contributed by atoms with Gasteiger partial charge in [-0.05, 0) is 45.0 Å². The summed E-state index contributed by atoms with van der Waals surface area (Å²) in [6.07, 6.45) is 2.53. The fraction of sp³-hybridized carbons (Fsp3) is 0.500. The Morgan fingerprint density at radius 1 is 1.47 bits per heavy atom. The molecule has 1 aliphatic heterocycles. The summed E-state index contributed by atoms with van der Waals surface area (Å²) in [6.45, 7) is 5.24. The highest BCUT2D eigenvalue weighted by Crippen LogP contribution is 2.19. The molecule has 1 aromatic carbocycles. The molecule has 0 saturated carbocycles. The molecular weight excluding hydrogens is 261 g/mol. The van der Waals surface area contributed by atoms with Gasteiger partial charge in [-0.2, -0.15) is 0 Å². The van der Waals surface area contributed by atoms with Crippen molar-refractivity contribution in [1.29, 1.82) is 0 Å². The van der Waals surface area contributed by atoms with Crippen LogP contribution in [0.15, 0.2) is 18.2 Å². The first-order chi connectivity index (χ1) is 9.09. The predicted octanol–water partition coefficient (Wildman–Crippen LogP) is 2.36. The zero-order valence-electron chi connectivity index (χ0n) is 11.2. The molecule has 0 aromatic heterocycles. The fourth-order valence-corrected chi connectivity index (χ4v) is 2.70. The summed E-state index contributed by atoms with van der Waals surface area (Å²) >= 11 is 4.91. The van der Waals surface area contributed by atoms with Crippen LogP contribution < -0.4 is 11.1 Å². The smallest absolute Gasteiger partial charge is 0.135 e. The summed E-state index contributed by atoms with van der Waals surface area (Å²) in [5.41, 5.74) is 6.58. The third-order valence-corrected chi connectivity index (χ3v) is 3.82. The second-order valence-corrected chi connectivity index (χ2v) is 5.44. The summed E-state index contributed by atoms with van der Waals surface area (Å²) in [7, 11) is 0. The van der Waals surface area contributed by atoms with Crippen molar-refractivity contribution in [3.8, 4) is 0 Å². The Morgan fingerprint density at radius 2 is 2.16 bits per heavy atom. The number of anilines is 1. The summed E-state index contributed by atoms with van der Waals surface area (Å²) in [4.78, 5) is 2.53. The molecule has 3 nitrogen and oxygen atoms in total. The van der Waals surface area contributed by atoms with Crippen LogP contribution >= 0.6 is 12.2 Å². The first kappa shape index (κ1) is 14.2. The van der Waals surface area contributed by atoms with Crippen LogP contribution in [0.3, 0.4) is 0 Å². The number of nitrogens with one attached hydrogen (secondary N) is 1. The lowest BCUT2D eigenvalue weighted by Crippen LogP contribution is -2.35. The van der Waals surface area contributed by atoms with Gasteiger partial charge in [0.2, 0.25) is 0 Å². The van der Waals surface area contributed by atoms with Gasteiger partial charge < -0.3 is 11.1 Å². The van der Waals surface area contributed by atoms with Gasteiger partial charge in [0.05, 0.1) is 5.56 Å². The maximum Gasteiger partial charge on any atom is 0.135 e. The average Bonchev–Trinajstić information content (AvgIpc) is 2.89. The Bertz CT molecular complexity index is 458. The molecule has 0 radical (unpaired) electrons. The molecule has 1 heterocycles. The summed E-state index contributed by atoms with van der Waals surface area (Å²) in [6, 6.07) is 5.28. The molecule has 5 heteroatoms. The van der Waals surface area contributed by atoms with E-state index in [1.807, 2.05) is 6.07 Å². The van der Waals surface area contributed by atoms with E-state index in [1.165, 1.54) is 18.9 Å². The SMILES string of the molecule is CC(CNc1cccc(F)c1C(N)=S)N1CCCC1. The number of rotatable bonds is 5. The van der Waals surface area contributed by atoms with Crippen LogP contribution in [0.1, 0.15) is 25.3 Å². The van der Waals surface area contributed by atoms with Crippen LogP contribution in [0, 0.1) is 5.82 Å². The van der Waals surface area contributed by atoms with Crippen molar-refractivity contribution in [3.05, 3.63) is 29.6 Å². The molecule has 0 aliphatic carbocycles. The van der Waals surface area contributed by atoms with Crippen molar-refractivity contribution in [2.45, 2.75) is 25.8 Å². The lowest BCUT2D eigenvalue weighted by molar-refractivity contribution is 0.269. The Kier molecular flexibility index (Phi) is 4.71. The molecule has 1 aliphatic rings. The van der Waals surface area contributed by atoms with E-state index in [0.717, 1.165) is 19.6 Å². The van der Waals surface area contributed by atoms with Crippen LogP contribution in [0.5, 0.6) is 0 Å². The molecule has 2 rings (SSSR count). The number of thiocarbonyl (C=S) groups is 1. The maximum absolute atomic E-state index is 13.7. The first-order valence-electron chi connectivity index (χ1n) is 6.66. The topological polar surface area (TPSA) is 41.3 Å². The average molecular weight is 281 g/mol. The molecule has 1 atom stereocenters. The lowest BCUT2D eigenvalue weighted by atomic mass is 10.1. The second kappa shape index (κ2) is 6.30. The molecule has 1 saturated heterocycles. The van der Waals surface area contributed by atoms with Gasteiger partial charge in [0.1, 0.15) is 10.8 Å². The van der Waals surface area contributed by atoms with Gasteiger partial charge >= 0.3 is 0 Å². The van der Waals surface area contributed by atoms with Gasteiger partial charge in [-0.1, -0.05) is 18.3 Å². The molecule has 0 amide bonds. The van der Waals surface area contributed by atoms with E-state index in [1.54, 1.807) is 6.07 Å². The molecule has 0 bridgehead atoms. The van der Waals surface area contributed by atoms with Gasteiger partial charge in [-0.3, -0.25) is 4.90 Å². The van der Waals surface area contributed by atoms with E-state index >= 15 is 0 Å². The third kappa shape index (κ3) is 3.42. The minimum absolute atomic E-state index is 0.0921. The minimum atomic E-state index is -0.369. The van der Waals surface area contributed by atoms with Crippen LogP contribution in [0.25, 0.3) is 0 Å². The van der Waals surface area contributed by atoms with Gasteiger partial charge in [-0.15, -0.1) is 0 Å². The molecular formula is C14H20FN3S. The van der Waals surface area contributed by atoms with Crippen molar-refractivity contribution in [2.24, 2.45) is 5.73 Å². The third-order valence-electron chi connectivity index (χ3n) is 3.61. The Balaban J connectivity index is 2.02. The zero-order valence-corrected chi connectivity index (χ0v) is 12.0. The van der Waals surface area contributed by atoms with Crippen LogP contribution in [-0.2, 0) is 0 Å². The van der Waals surface area contributed by atoms with Crippen molar-refractivity contribution < 1.29 is 4.39 Å². The van der Waals surface area contributed by atoms with Gasteiger partial charge in [0.25, 0.3) is 0 Å². The number of halogens is 1. The van der Waals surface area contributed by atoms with Gasteiger partial charge in [0, 0.05) is 18.3 Å². The number of nitrogens with two attached hydrogens (primary N) is 1. The first-order valence-corrected chi connectivity index (χ1v) is 7.06. The number of hydrogen-bond acceptors (Lipinski definition) is 3. The number of likely N-dealkylation sites (tertiary alicyclic amines) is 1. The summed E-state index contributed by atoms with van der Waals surface area (Å²) in [5.74, 6) is -0.369. The van der Waals surface area contributed by atoms with Crippen LogP contribution in [0.4, 0.5) is 10.1 Å². The Hall–Kier alpha value is -1.20. The van der Waals surface area contributed by atoms with E-state index < -0.39 is 0 Å². The Labute approximate surface area is 119 Å². The Morgan fingerprint density at radius 3 is 2.79 bits per heavy atom. The molecule has 3 N–H and O–H groups in total. The van der Waals surface area contributed by atoms with Crippen molar-refractivity contribution >= 4 is 22.9 Å². The molecule has 1 unspecified atom stereocenters. The van der Waals surface area contributed by atoms with E-state index in [0.29, 0.717) is 17.3 Å². The maximum atomic E-state index is 13.7. The van der Waals surface area contributed by atoms with Gasteiger partial charge in [0.15, 0.2) is 0 Å². The van der Waals surface area contributed by atoms with E-state index in [2.05, 4.69) is 17.1 Å². The highest BCUT2D eigenvalue weighted by Gasteiger charge is 2.18. The summed E-state index contributed by atoms with van der Waals surface area (Å²) < 4.78 is 13.7. The highest BCUT2D eigenvalue weighted by molar-refractivity contribution is 7.80.